The highest BCUT2D eigenvalue weighted by atomic mass is 16.1. The third-order valence-corrected chi connectivity index (χ3v) is 2.97. The zero-order valence-electron chi connectivity index (χ0n) is 12.1. The van der Waals surface area contributed by atoms with Crippen molar-refractivity contribution in [2.45, 2.75) is 19.8 Å². The topological polar surface area (TPSA) is 120 Å². The van der Waals surface area contributed by atoms with Crippen LogP contribution < -0.4 is 16.6 Å². The number of nitrogens with two attached hydrogens (primary N) is 1. The van der Waals surface area contributed by atoms with E-state index in [0.717, 1.165) is 5.69 Å². The second-order valence-corrected chi connectivity index (χ2v) is 4.60. The Morgan fingerprint density at radius 2 is 2.18 bits per heavy atom. The first-order valence-electron chi connectivity index (χ1n) is 6.73. The summed E-state index contributed by atoms with van der Waals surface area (Å²) >= 11 is 0. The number of rotatable bonds is 4. The molecule has 2 aromatic rings. The molecule has 0 unspecified atom stereocenters. The number of aromatic nitrogens is 2. The lowest BCUT2D eigenvalue weighted by atomic mass is 10.1. The molecule has 7 heteroatoms. The van der Waals surface area contributed by atoms with E-state index in [-0.39, 0.29) is 23.9 Å². The predicted octanol–water partition coefficient (Wildman–Crippen LogP) is 1.59. The van der Waals surface area contributed by atoms with Gasteiger partial charge in [0.2, 0.25) is 11.9 Å². The van der Waals surface area contributed by atoms with Crippen LogP contribution in [-0.2, 0) is 6.42 Å². The molecule has 0 fully saturated rings. The number of nitrogens with zero attached hydrogens (tertiary/aromatic N) is 3. The van der Waals surface area contributed by atoms with Gasteiger partial charge in [0, 0.05) is 17.7 Å². The molecule has 1 heterocycles. The van der Waals surface area contributed by atoms with Crippen molar-refractivity contribution in [2.75, 3.05) is 5.32 Å². The fraction of sp³-hybridized carbons (Fsp3) is 0.200. The Kier molecular flexibility index (Phi) is 4.88. The molecule has 0 saturated heterocycles. The van der Waals surface area contributed by atoms with Crippen LogP contribution in [-0.4, -0.2) is 15.9 Å². The van der Waals surface area contributed by atoms with Gasteiger partial charge >= 0.3 is 0 Å². The number of para-hydroxylation sites is 1. The summed E-state index contributed by atoms with van der Waals surface area (Å²) < 4.78 is 0. The summed E-state index contributed by atoms with van der Waals surface area (Å²) in [4.78, 5) is 22.8. The number of anilines is 1. The van der Waals surface area contributed by atoms with Crippen LogP contribution in [0, 0.1) is 18.3 Å². The van der Waals surface area contributed by atoms with Gasteiger partial charge in [-0.2, -0.15) is 10.3 Å². The van der Waals surface area contributed by atoms with Crippen molar-refractivity contribution in [1.29, 1.82) is 5.26 Å². The van der Waals surface area contributed by atoms with Gasteiger partial charge in [0.1, 0.15) is 0 Å². The quantitative estimate of drug-likeness (QED) is 0.584. The Bertz CT molecular complexity index is 773. The standard InChI is InChI=1S/C15H16N6O/c1-10-12(8-5-9-16)13(22)20-15(18-10)21-14(17)19-11-6-3-2-4-7-11/h2-4,6-7H,5,8H2,1H3,(H4,17,18,19,20,21,22). The van der Waals surface area contributed by atoms with Gasteiger partial charge in [-0.1, -0.05) is 18.2 Å². The molecule has 0 spiro atoms. The normalized spacial score (nSPS) is 11.0. The molecule has 0 radical (unpaired) electrons. The summed E-state index contributed by atoms with van der Waals surface area (Å²) in [6.45, 7) is 1.71. The minimum absolute atomic E-state index is 0.124. The number of H-pyrrole nitrogens is 1. The second kappa shape index (κ2) is 7.04. The maximum atomic E-state index is 12.0. The summed E-state index contributed by atoms with van der Waals surface area (Å²) in [5, 5.41) is 11.5. The smallest absolute Gasteiger partial charge is 0.255 e. The first-order valence-corrected chi connectivity index (χ1v) is 6.73. The van der Waals surface area contributed by atoms with E-state index in [1.165, 1.54) is 0 Å². The van der Waals surface area contributed by atoms with Crippen LogP contribution in [0.3, 0.4) is 0 Å². The lowest BCUT2D eigenvalue weighted by molar-refractivity contribution is 0.914. The maximum absolute atomic E-state index is 12.0. The number of aromatic amines is 1. The highest BCUT2D eigenvalue weighted by Crippen LogP contribution is 2.09. The van der Waals surface area contributed by atoms with Crippen LogP contribution in [0.5, 0.6) is 0 Å². The van der Waals surface area contributed by atoms with E-state index < -0.39 is 0 Å². The van der Waals surface area contributed by atoms with Crippen LogP contribution >= 0.6 is 0 Å². The average Bonchev–Trinajstić information content (AvgIpc) is 2.47. The molecule has 1 aromatic carbocycles. The number of hydrogen-bond acceptors (Lipinski definition) is 4. The number of hydrogen-bond donors (Lipinski definition) is 3. The molecule has 112 valence electrons. The molecule has 0 saturated carbocycles. The number of aliphatic imine (C=N–C) groups is 1. The molecular weight excluding hydrogens is 280 g/mol. The van der Waals surface area contributed by atoms with E-state index in [1.807, 2.05) is 36.4 Å². The van der Waals surface area contributed by atoms with Crippen molar-refractivity contribution in [3.8, 4) is 6.07 Å². The largest absolute Gasteiger partial charge is 0.369 e. The summed E-state index contributed by atoms with van der Waals surface area (Å²) in [6, 6.07) is 11.3. The maximum Gasteiger partial charge on any atom is 0.255 e. The minimum Gasteiger partial charge on any atom is -0.369 e. The molecule has 0 aliphatic rings. The van der Waals surface area contributed by atoms with E-state index in [1.54, 1.807) is 6.92 Å². The van der Waals surface area contributed by atoms with Crippen LogP contribution in [0.2, 0.25) is 0 Å². The molecule has 0 bridgehead atoms. The number of nitriles is 1. The molecule has 4 N–H and O–H groups in total. The zero-order chi connectivity index (χ0) is 15.9. The van der Waals surface area contributed by atoms with E-state index in [0.29, 0.717) is 17.7 Å². The third kappa shape index (κ3) is 3.93. The van der Waals surface area contributed by atoms with E-state index in [2.05, 4.69) is 20.3 Å². The molecular formula is C15H16N6O. The highest BCUT2D eigenvalue weighted by molar-refractivity contribution is 5.93. The van der Waals surface area contributed by atoms with Gasteiger partial charge < -0.3 is 11.1 Å². The Morgan fingerprint density at radius 3 is 2.82 bits per heavy atom. The van der Waals surface area contributed by atoms with Crippen molar-refractivity contribution in [1.82, 2.24) is 9.97 Å². The number of benzene rings is 1. The van der Waals surface area contributed by atoms with Gasteiger partial charge in [-0.25, -0.2) is 4.98 Å². The van der Waals surface area contributed by atoms with Crippen molar-refractivity contribution < 1.29 is 0 Å². The molecule has 2 rings (SSSR count). The zero-order valence-corrected chi connectivity index (χ0v) is 12.1. The Labute approximate surface area is 127 Å². The molecule has 0 amide bonds. The fourth-order valence-corrected chi connectivity index (χ4v) is 1.94. The molecule has 0 aliphatic carbocycles. The number of guanidine groups is 1. The summed E-state index contributed by atoms with van der Waals surface area (Å²) in [5.74, 6) is 0.252. The molecule has 1 aromatic heterocycles. The first-order chi connectivity index (χ1) is 10.6. The Morgan fingerprint density at radius 1 is 1.45 bits per heavy atom. The van der Waals surface area contributed by atoms with Crippen molar-refractivity contribution in [2.24, 2.45) is 10.7 Å². The van der Waals surface area contributed by atoms with Gasteiger partial charge in [-0.05, 0) is 25.5 Å². The lowest BCUT2D eigenvalue weighted by Gasteiger charge is -2.06. The fourth-order valence-electron chi connectivity index (χ4n) is 1.94. The SMILES string of the molecule is Cc1nc(N=C(N)Nc2ccccc2)[nH]c(=O)c1CCC#N. The van der Waals surface area contributed by atoms with Crippen molar-refractivity contribution in [3.63, 3.8) is 0 Å². The van der Waals surface area contributed by atoms with Gasteiger partial charge in [0.25, 0.3) is 5.56 Å². The first kappa shape index (κ1) is 15.3. The van der Waals surface area contributed by atoms with E-state index in [4.69, 9.17) is 11.0 Å². The van der Waals surface area contributed by atoms with E-state index >= 15 is 0 Å². The second-order valence-electron chi connectivity index (χ2n) is 4.60. The molecule has 0 atom stereocenters. The lowest BCUT2D eigenvalue weighted by Crippen LogP contribution is -2.23. The van der Waals surface area contributed by atoms with Crippen LogP contribution in [0.15, 0.2) is 40.1 Å². The monoisotopic (exact) mass is 296 g/mol. The molecule has 0 aliphatic heterocycles. The van der Waals surface area contributed by atoms with Gasteiger partial charge in [-0.3, -0.25) is 9.78 Å². The van der Waals surface area contributed by atoms with Crippen LogP contribution in [0.25, 0.3) is 0 Å². The van der Waals surface area contributed by atoms with Gasteiger partial charge in [0.05, 0.1) is 11.8 Å². The van der Waals surface area contributed by atoms with Crippen molar-refractivity contribution >= 4 is 17.6 Å². The van der Waals surface area contributed by atoms with E-state index in [9.17, 15) is 4.79 Å². The number of nitrogens with one attached hydrogen (secondary N) is 2. The van der Waals surface area contributed by atoms with Gasteiger partial charge in [0.15, 0.2) is 0 Å². The number of aryl methyl sites for hydroxylation is 1. The Hall–Kier alpha value is -3.14. The predicted molar refractivity (Wildman–Crippen MR) is 84.9 cm³/mol. The molecule has 7 nitrogen and oxygen atoms in total. The average molecular weight is 296 g/mol. The highest BCUT2D eigenvalue weighted by Gasteiger charge is 2.08. The molecule has 22 heavy (non-hydrogen) atoms. The third-order valence-electron chi connectivity index (χ3n) is 2.97. The summed E-state index contributed by atoms with van der Waals surface area (Å²) in [7, 11) is 0. The summed E-state index contributed by atoms with van der Waals surface area (Å²) in [6.07, 6.45) is 0.637. The van der Waals surface area contributed by atoms with Crippen LogP contribution in [0.4, 0.5) is 11.6 Å². The Balaban J connectivity index is 2.21. The van der Waals surface area contributed by atoms with Crippen LogP contribution in [0.1, 0.15) is 17.7 Å². The summed E-state index contributed by atoms with van der Waals surface area (Å²) in [5.41, 5.74) is 7.32. The van der Waals surface area contributed by atoms with Gasteiger partial charge in [-0.15, -0.1) is 0 Å². The minimum atomic E-state index is -0.297. The van der Waals surface area contributed by atoms with Crippen molar-refractivity contribution in [3.05, 3.63) is 51.9 Å².